The largest absolute Gasteiger partial charge is 0.482 e. The first-order chi connectivity index (χ1) is 10.2. The van der Waals surface area contributed by atoms with Crippen molar-refractivity contribution in [2.75, 3.05) is 19.5 Å². The molecule has 0 unspecified atom stereocenters. The number of nitrogens with zero attached hydrogens (tertiary/aromatic N) is 1. The smallest absolute Gasteiger partial charge is 0.344 e. The van der Waals surface area contributed by atoms with Crippen molar-refractivity contribution >= 4 is 11.7 Å². The summed E-state index contributed by atoms with van der Waals surface area (Å²) in [4.78, 5) is 15.7. The van der Waals surface area contributed by atoms with Crippen LogP contribution in [-0.2, 0) is 16.1 Å². The molecule has 110 valence electrons. The van der Waals surface area contributed by atoms with E-state index in [4.69, 9.17) is 19.9 Å². The maximum atomic E-state index is 11.6. The average molecular weight is 288 g/mol. The van der Waals surface area contributed by atoms with Gasteiger partial charge in [-0.15, -0.1) is 0 Å². The fraction of sp³-hybridized carbons (Fsp3) is 0.200. The molecule has 2 N–H and O–H groups in total. The highest BCUT2D eigenvalue weighted by molar-refractivity contribution is 5.71. The van der Waals surface area contributed by atoms with Crippen LogP contribution in [0.3, 0.4) is 0 Å². The van der Waals surface area contributed by atoms with Crippen LogP contribution in [0, 0.1) is 0 Å². The van der Waals surface area contributed by atoms with Gasteiger partial charge in [0.05, 0.1) is 12.8 Å². The second-order valence-electron chi connectivity index (χ2n) is 4.19. The van der Waals surface area contributed by atoms with Gasteiger partial charge in [0, 0.05) is 11.8 Å². The average Bonchev–Trinajstić information content (AvgIpc) is 2.52. The van der Waals surface area contributed by atoms with E-state index in [0.29, 0.717) is 23.0 Å². The Balaban J connectivity index is 1.78. The predicted molar refractivity (Wildman–Crippen MR) is 76.9 cm³/mol. The van der Waals surface area contributed by atoms with Crippen molar-refractivity contribution in [3.63, 3.8) is 0 Å². The van der Waals surface area contributed by atoms with E-state index >= 15 is 0 Å². The van der Waals surface area contributed by atoms with Crippen molar-refractivity contribution in [3.05, 3.63) is 48.2 Å². The zero-order chi connectivity index (χ0) is 15.1. The summed E-state index contributed by atoms with van der Waals surface area (Å²) < 4.78 is 15.3. The van der Waals surface area contributed by atoms with Crippen LogP contribution in [0.4, 0.5) is 5.69 Å². The Morgan fingerprint density at radius 3 is 2.67 bits per heavy atom. The second kappa shape index (κ2) is 7.14. The third-order valence-electron chi connectivity index (χ3n) is 2.61. The number of hydrogen-bond donors (Lipinski definition) is 1. The maximum Gasteiger partial charge on any atom is 0.344 e. The molecule has 0 radical (unpaired) electrons. The monoisotopic (exact) mass is 288 g/mol. The minimum Gasteiger partial charge on any atom is -0.482 e. The lowest BCUT2D eigenvalue weighted by Gasteiger charge is -2.07. The number of methoxy groups -OCH3 is 1. The zero-order valence-electron chi connectivity index (χ0n) is 11.6. The minimum atomic E-state index is -0.476. The summed E-state index contributed by atoms with van der Waals surface area (Å²) in [5.74, 6) is 0.554. The number of anilines is 1. The van der Waals surface area contributed by atoms with Gasteiger partial charge in [0.25, 0.3) is 0 Å². The van der Waals surface area contributed by atoms with Crippen LogP contribution >= 0.6 is 0 Å². The van der Waals surface area contributed by atoms with Gasteiger partial charge in [-0.1, -0.05) is 6.07 Å². The normalized spacial score (nSPS) is 9.95. The highest BCUT2D eigenvalue weighted by atomic mass is 16.6. The van der Waals surface area contributed by atoms with Gasteiger partial charge in [0.15, 0.2) is 6.61 Å². The Labute approximate surface area is 122 Å². The molecule has 0 aliphatic rings. The maximum absolute atomic E-state index is 11.6. The number of hydrogen-bond acceptors (Lipinski definition) is 6. The Hall–Kier alpha value is -2.76. The first-order valence-electron chi connectivity index (χ1n) is 6.31. The number of nitrogen functional groups attached to an aromatic ring is 1. The van der Waals surface area contributed by atoms with Crippen molar-refractivity contribution in [2.24, 2.45) is 0 Å². The molecule has 0 amide bonds. The molecule has 0 atom stereocenters. The minimum absolute atomic E-state index is 0.0706. The molecule has 2 aromatic rings. The molecular formula is C15H16N2O4. The van der Waals surface area contributed by atoms with Crippen molar-refractivity contribution in [2.45, 2.75) is 6.61 Å². The van der Waals surface area contributed by atoms with Gasteiger partial charge in [0.1, 0.15) is 12.4 Å². The number of nitrogens with two attached hydrogens (primary N) is 1. The molecule has 1 heterocycles. The van der Waals surface area contributed by atoms with E-state index in [1.54, 1.807) is 42.5 Å². The Bertz CT molecular complexity index is 599. The quantitative estimate of drug-likeness (QED) is 0.644. The van der Waals surface area contributed by atoms with Crippen LogP contribution in [0.15, 0.2) is 42.5 Å². The summed E-state index contributed by atoms with van der Waals surface area (Å²) in [6.07, 6.45) is 0. The Kier molecular flexibility index (Phi) is 4.98. The molecule has 0 fully saturated rings. The Morgan fingerprint density at radius 2 is 1.95 bits per heavy atom. The molecule has 0 aliphatic heterocycles. The zero-order valence-corrected chi connectivity index (χ0v) is 11.6. The van der Waals surface area contributed by atoms with Gasteiger partial charge >= 0.3 is 5.97 Å². The van der Waals surface area contributed by atoms with Gasteiger partial charge in [-0.3, -0.25) is 0 Å². The lowest BCUT2D eigenvalue weighted by atomic mass is 10.3. The van der Waals surface area contributed by atoms with Crippen LogP contribution < -0.4 is 15.2 Å². The fourth-order valence-electron chi connectivity index (χ4n) is 1.55. The lowest BCUT2D eigenvalue weighted by Crippen LogP contribution is -2.15. The van der Waals surface area contributed by atoms with Crippen molar-refractivity contribution in [1.29, 1.82) is 0 Å². The number of carbonyl (C=O) groups is 1. The summed E-state index contributed by atoms with van der Waals surface area (Å²) in [6, 6.07) is 12.0. The standard InChI is InChI=1S/C15H16N2O4/c1-19-14-4-2-3-12(17-14)9-21-15(18)10-20-13-7-5-11(16)6-8-13/h2-8H,9-10,16H2,1H3. The summed E-state index contributed by atoms with van der Waals surface area (Å²) in [5, 5.41) is 0. The summed E-state index contributed by atoms with van der Waals surface area (Å²) >= 11 is 0. The van der Waals surface area contributed by atoms with E-state index in [0.717, 1.165) is 0 Å². The van der Waals surface area contributed by atoms with Crippen LogP contribution in [0.5, 0.6) is 11.6 Å². The molecule has 1 aromatic carbocycles. The van der Waals surface area contributed by atoms with E-state index < -0.39 is 5.97 Å². The SMILES string of the molecule is COc1cccc(COC(=O)COc2ccc(N)cc2)n1. The van der Waals surface area contributed by atoms with Gasteiger partial charge < -0.3 is 19.9 Å². The first kappa shape index (κ1) is 14.6. The number of ether oxygens (including phenoxy) is 3. The topological polar surface area (TPSA) is 83.7 Å². The van der Waals surface area contributed by atoms with Crippen LogP contribution in [0.1, 0.15) is 5.69 Å². The van der Waals surface area contributed by atoms with E-state index in [2.05, 4.69) is 4.98 Å². The van der Waals surface area contributed by atoms with Crippen molar-refractivity contribution in [1.82, 2.24) is 4.98 Å². The number of rotatable bonds is 6. The van der Waals surface area contributed by atoms with Crippen molar-refractivity contribution in [3.8, 4) is 11.6 Å². The summed E-state index contributed by atoms with van der Waals surface area (Å²) in [5.41, 5.74) is 6.79. The molecule has 0 saturated carbocycles. The van der Waals surface area contributed by atoms with Crippen LogP contribution in [0.2, 0.25) is 0 Å². The third kappa shape index (κ3) is 4.68. The van der Waals surface area contributed by atoms with E-state index in [-0.39, 0.29) is 13.2 Å². The molecule has 0 bridgehead atoms. The molecule has 6 nitrogen and oxygen atoms in total. The molecule has 0 spiro atoms. The molecule has 21 heavy (non-hydrogen) atoms. The second-order valence-corrected chi connectivity index (χ2v) is 4.19. The highest BCUT2D eigenvalue weighted by Gasteiger charge is 2.06. The number of benzene rings is 1. The van der Waals surface area contributed by atoms with Gasteiger partial charge in [-0.05, 0) is 30.3 Å². The van der Waals surface area contributed by atoms with Gasteiger partial charge in [-0.25, -0.2) is 9.78 Å². The fourth-order valence-corrected chi connectivity index (χ4v) is 1.55. The first-order valence-corrected chi connectivity index (χ1v) is 6.31. The predicted octanol–water partition coefficient (Wildman–Crippen LogP) is 1.79. The highest BCUT2D eigenvalue weighted by Crippen LogP contribution is 2.13. The van der Waals surface area contributed by atoms with Gasteiger partial charge in [-0.2, -0.15) is 0 Å². The Morgan fingerprint density at radius 1 is 1.19 bits per heavy atom. The number of carbonyl (C=O) groups excluding carboxylic acids is 1. The summed E-state index contributed by atoms with van der Waals surface area (Å²) in [6.45, 7) is -0.102. The molecule has 0 aliphatic carbocycles. The van der Waals surface area contributed by atoms with Gasteiger partial charge in [0.2, 0.25) is 5.88 Å². The molecule has 6 heteroatoms. The number of esters is 1. The summed E-state index contributed by atoms with van der Waals surface area (Å²) in [7, 11) is 1.53. The molecule has 0 saturated heterocycles. The van der Waals surface area contributed by atoms with Crippen LogP contribution in [0.25, 0.3) is 0 Å². The van der Waals surface area contributed by atoms with Crippen molar-refractivity contribution < 1.29 is 19.0 Å². The lowest BCUT2D eigenvalue weighted by molar-refractivity contribution is -0.147. The third-order valence-corrected chi connectivity index (χ3v) is 2.61. The molecule has 2 rings (SSSR count). The molecule has 1 aromatic heterocycles. The number of pyridine rings is 1. The van der Waals surface area contributed by atoms with E-state index in [1.165, 1.54) is 7.11 Å². The van der Waals surface area contributed by atoms with E-state index in [1.807, 2.05) is 0 Å². The number of aromatic nitrogens is 1. The molecular weight excluding hydrogens is 272 g/mol. The van der Waals surface area contributed by atoms with Crippen LogP contribution in [-0.4, -0.2) is 24.7 Å². The van der Waals surface area contributed by atoms with E-state index in [9.17, 15) is 4.79 Å².